The first-order valence-electron chi connectivity index (χ1n) is 8.72. The number of ether oxygens (including phenoxy) is 1. The van der Waals surface area contributed by atoms with Crippen molar-refractivity contribution >= 4 is 23.2 Å². The first-order valence-corrected chi connectivity index (χ1v) is 8.72. The van der Waals surface area contributed by atoms with Gasteiger partial charge in [0.1, 0.15) is 5.75 Å². The standard InChI is InChI=1S/C21H26N2O3/c1-15(2)17-8-10-18(11-9-17)22-21(25)12-13-23(16(3)24)19-6-5-7-20(14-19)26-4/h5-11,14-15H,12-13H2,1-4H3,(H,22,25). The fourth-order valence-corrected chi connectivity index (χ4v) is 2.63. The van der Waals surface area contributed by atoms with Crippen molar-refractivity contribution in [1.82, 2.24) is 0 Å². The third kappa shape index (κ3) is 5.34. The number of nitrogens with zero attached hydrogens (tertiary/aromatic N) is 1. The Morgan fingerprint density at radius 1 is 1.12 bits per heavy atom. The Balaban J connectivity index is 1.97. The molecule has 2 aromatic carbocycles. The summed E-state index contributed by atoms with van der Waals surface area (Å²) in [6, 6.07) is 15.1. The molecular weight excluding hydrogens is 328 g/mol. The number of anilines is 2. The van der Waals surface area contributed by atoms with Crippen LogP contribution in [0.25, 0.3) is 0 Å². The Kier molecular flexibility index (Phi) is 6.78. The molecule has 0 atom stereocenters. The minimum absolute atomic E-state index is 0.118. The summed E-state index contributed by atoms with van der Waals surface area (Å²) in [4.78, 5) is 25.8. The van der Waals surface area contributed by atoms with E-state index in [4.69, 9.17) is 4.74 Å². The molecule has 5 nitrogen and oxygen atoms in total. The zero-order valence-corrected chi connectivity index (χ0v) is 15.8. The summed E-state index contributed by atoms with van der Waals surface area (Å²) < 4.78 is 5.20. The van der Waals surface area contributed by atoms with E-state index in [1.165, 1.54) is 12.5 Å². The maximum absolute atomic E-state index is 12.2. The van der Waals surface area contributed by atoms with Crippen molar-refractivity contribution in [2.24, 2.45) is 0 Å². The van der Waals surface area contributed by atoms with Gasteiger partial charge in [0.2, 0.25) is 11.8 Å². The van der Waals surface area contributed by atoms with E-state index in [2.05, 4.69) is 19.2 Å². The molecule has 0 aliphatic rings. The molecule has 26 heavy (non-hydrogen) atoms. The van der Waals surface area contributed by atoms with Gasteiger partial charge >= 0.3 is 0 Å². The summed E-state index contributed by atoms with van der Waals surface area (Å²) >= 11 is 0. The lowest BCUT2D eigenvalue weighted by Crippen LogP contribution is -2.31. The van der Waals surface area contributed by atoms with Gasteiger partial charge in [-0.2, -0.15) is 0 Å². The number of amides is 2. The van der Waals surface area contributed by atoms with Gasteiger partial charge in [0, 0.05) is 37.3 Å². The van der Waals surface area contributed by atoms with E-state index < -0.39 is 0 Å². The predicted octanol–water partition coefficient (Wildman–Crippen LogP) is 4.20. The third-order valence-corrected chi connectivity index (χ3v) is 4.17. The number of benzene rings is 2. The minimum Gasteiger partial charge on any atom is -0.497 e. The number of carbonyl (C=O) groups excluding carboxylic acids is 2. The molecule has 0 saturated carbocycles. The molecule has 2 aromatic rings. The fraction of sp³-hybridized carbons (Fsp3) is 0.333. The summed E-state index contributed by atoms with van der Waals surface area (Å²) in [5, 5.41) is 2.87. The molecule has 0 heterocycles. The van der Waals surface area contributed by atoms with Gasteiger partial charge in [-0.25, -0.2) is 0 Å². The van der Waals surface area contributed by atoms with Crippen LogP contribution < -0.4 is 15.0 Å². The summed E-state index contributed by atoms with van der Waals surface area (Å²) in [7, 11) is 1.58. The number of hydrogen-bond acceptors (Lipinski definition) is 3. The second-order valence-electron chi connectivity index (χ2n) is 6.45. The van der Waals surface area contributed by atoms with Crippen molar-refractivity contribution in [1.29, 1.82) is 0 Å². The van der Waals surface area contributed by atoms with Crippen molar-refractivity contribution in [3.8, 4) is 5.75 Å². The highest BCUT2D eigenvalue weighted by Crippen LogP contribution is 2.22. The molecule has 0 fully saturated rings. The van der Waals surface area contributed by atoms with E-state index in [-0.39, 0.29) is 18.2 Å². The van der Waals surface area contributed by atoms with E-state index in [1.54, 1.807) is 18.1 Å². The summed E-state index contributed by atoms with van der Waals surface area (Å²) in [6.45, 7) is 6.05. The lowest BCUT2D eigenvalue weighted by Gasteiger charge is -2.21. The lowest BCUT2D eigenvalue weighted by atomic mass is 10.0. The quantitative estimate of drug-likeness (QED) is 0.811. The molecule has 0 aromatic heterocycles. The molecule has 0 saturated heterocycles. The molecule has 1 N–H and O–H groups in total. The summed E-state index contributed by atoms with van der Waals surface area (Å²) in [5.41, 5.74) is 2.70. The predicted molar refractivity (Wildman–Crippen MR) is 105 cm³/mol. The highest BCUT2D eigenvalue weighted by atomic mass is 16.5. The van der Waals surface area contributed by atoms with Gasteiger partial charge in [-0.1, -0.05) is 32.0 Å². The smallest absolute Gasteiger partial charge is 0.226 e. The Labute approximate surface area is 155 Å². The van der Waals surface area contributed by atoms with Crippen LogP contribution in [-0.4, -0.2) is 25.5 Å². The zero-order valence-electron chi connectivity index (χ0n) is 15.8. The number of nitrogens with one attached hydrogen (secondary N) is 1. The third-order valence-electron chi connectivity index (χ3n) is 4.17. The van der Waals surface area contributed by atoms with Crippen LogP contribution in [0.5, 0.6) is 5.75 Å². The first-order chi connectivity index (χ1) is 12.4. The first kappa shape index (κ1) is 19.5. The molecule has 2 rings (SSSR count). The maximum atomic E-state index is 12.2. The van der Waals surface area contributed by atoms with Crippen molar-refractivity contribution in [3.63, 3.8) is 0 Å². The second kappa shape index (κ2) is 9.04. The van der Waals surface area contributed by atoms with Crippen molar-refractivity contribution in [3.05, 3.63) is 54.1 Å². The molecule has 5 heteroatoms. The van der Waals surface area contributed by atoms with E-state index in [9.17, 15) is 9.59 Å². The van der Waals surface area contributed by atoms with Gasteiger partial charge < -0.3 is 15.0 Å². The van der Waals surface area contributed by atoms with E-state index in [1.807, 2.05) is 42.5 Å². The molecule has 0 aliphatic carbocycles. The largest absolute Gasteiger partial charge is 0.497 e. The maximum Gasteiger partial charge on any atom is 0.226 e. The van der Waals surface area contributed by atoms with Gasteiger partial charge in [-0.3, -0.25) is 9.59 Å². The van der Waals surface area contributed by atoms with Crippen molar-refractivity contribution < 1.29 is 14.3 Å². The summed E-state index contributed by atoms with van der Waals surface area (Å²) in [5.74, 6) is 0.874. The van der Waals surface area contributed by atoms with Gasteiger partial charge in [0.25, 0.3) is 0 Å². The van der Waals surface area contributed by atoms with Crippen molar-refractivity contribution in [2.75, 3.05) is 23.9 Å². The van der Waals surface area contributed by atoms with Gasteiger partial charge in [-0.15, -0.1) is 0 Å². The normalized spacial score (nSPS) is 10.5. The monoisotopic (exact) mass is 354 g/mol. The Morgan fingerprint density at radius 3 is 2.38 bits per heavy atom. The minimum atomic E-state index is -0.128. The molecule has 0 spiro atoms. The molecule has 0 unspecified atom stereocenters. The van der Waals surface area contributed by atoms with Crippen LogP contribution in [-0.2, 0) is 9.59 Å². The van der Waals surface area contributed by atoms with E-state index in [0.29, 0.717) is 23.9 Å². The lowest BCUT2D eigenvalue weighted by molar-refractivity contribution is -0.117. The highest BCUT2D eigenvalue weighted by molar-refractivity contribution is 5.94. The molecular formula is C21H26N2O3. The molecule has 0 radical (unpaired) electrons. The Bertz CT molecular complexity index is 754. The number of methoxy groups -OCH3 is 1. The average Bonchev–Trinajstić information content (AvgIpc) is 2.62. The average molecular weight is 354 g/mol. The van der Waals surface area contributed by atoms with Crippen LogP contribution >= 0.6 is 0 Å². The number of hydrogen-bond donors (Lipinski definition) is 1. The van der Waals surface area contributed by atoms with Gasteiger partial charge in [0.15, 0.2) is 0 Å². The van der Waals surface area contributed by atoms with Gasteiger partial charge in [-0.05, 0) is 35.7 Å². The fourth-order valence-electron chi connectivity index (χ4n) is 2.63. The van der Waals surface area contributed by atoms with Crippen molar-refractivity contribution in [2.45, 2.75) is 33.1 Å². The molecule has 0 bridgehead atoms. The van der Waals surface area contributed by atoms with Crippen LogP contribution in [0.2, 0.25) is 0 Å². The van der Waals surface area contributed by atoms with Gasteiger partial charge in [0.05, 0.1) is 7.11 Å². The topological polar surface area (TPSA) is 58.6 Å². The van der Waals surface area contributed by atoms with E-state index in [0.717, 1.165) is 5.69 Å². The van der Waals surface area contributed by atoms with Crippen LogP contribution in [0, 0.1) is 0 Å². The SMILES string of the molecule is COc1cccc(N(CCC(=O)Nc2ccc(C(C)C)cc2)C(C)=O)c1. The van der Waals surface area contributed by atoms with E-state index >= 15 is 0 Å². The molecule has 0 aliphatic heterocycles. The summed E-state index contributed by atoms with van der Waals surface area (Å²) in [6.07, 6.45) is 0.211. The number of carbonyl (C=O) groups is 2. The van der Waals surface area contributed by atoms with Crippen LogP contribution in [0.4, 0.5) is 11.4 Å². The second-order valence-corrected chi connectivity index (χ2v) is 6.45. The Morgan fingerprint density at radius 2 is 1.81 bits per heavy atom. The molecule has 138 valence electrons. The highest BCUT2D eigenvalue weighted by Gasteiger charge is 2.14. The number of rotatable bonds is 7. The van der Waals surface area contributed by atoms with Crippen LogP contribution in [0.3, 0.4) is 0 Å². The Hall–Kier alpha value is -2.82. The molecule has 2 amide bonds. The van der Waals surface area contributed by atoms with Crippen LogP contribution in [0.15, 0.2) is 48.5 Å². The zero-order chi connectivity index (χ0) is 19.1. The van der Waals surface area contributed by atoms with Crippen LogP contribution in [0.1, 0.15) is 38.7 Å².